The van der Waals surface area contributed by atoms with E-state index >= 15 is 0 Å². The van der Waals surface area contributed by atoms with Crippen molar-refractivity contribution in [2.45, 2.75) is 46.0 Å². The van der Waals surface area contributed by atoms with E-state index < -0.39 is 11.7 Å². The molecule has 0 aliphatic heterocycles. The van der Waals surface area contributed by atoms with Crippen LogP contribution in [0.15, 0.2) is 29.3 Å². The van der Waals surface area contributed by atoms with Gasteiger partial charge in [-0.2, -0.15) is 13.2 Å². The van der Waals surface area contributed by atoms with Gasteiger partial charge in [0.05, 0.1) is 24.8 Å². The summed E-state index contributed by atoms with van der Waals surface area (Å²) in [5.74, 6) is 0.570. The number of rotatable bonds is 10. The Morgan fingerprint density at radius 1 is 1.23 bits per heavy atom. The molecule has 0 spiro atoms. The van der Waals surface area contributed by atoms with E-state index in [0.717, 1.165) is 18.6 Å². The molecule has 0 saturated carbocycles. The molecule has 1 unspecified atom stereocenters. The van der Waals surface area contributed by atoms with Crippen LogP contribution in [0.5, 0.6) is 0 Å². The normalized spacial score (nSPS) is 13.3. The number of carbonyl (C=O) groups is 1. The third-order valence-corrected chi connectivity index (χ3v) is 4.43. The summed E-state index contributed by atoms with van der Waals surface area (Å²) < 4.78 is 44.4. The Kier molecular flexibility index (Phi) is 10.7. The molecule has 0 heterocycles. The van der Waals surface area contributed by atoms with E-state index in [2.05, 4.69) is 29.5 Å². The minimum absolute atomic E-state index is 0.0283. The van der Waals surface area contributed by atoms with Crippen molar-refractivity contribution in [1.29, 1.82) is 0 Å². The van der Waals surface area contributed by atoms with Crippen molar-refractivity contribution in [1.82, 2.24) is 15.5 Å². The third kappa shape index (κ3) is 9.47. The second kappa shape index (κ2) is 12.4. The van der Waals surface area contributed by atoms with Gasteiger partial charge in [-0.1, -0.05) is 26.0 Å². The maximum absolute atomic E-state index is 12.9. The number of halogens is 3. The van der Waals surface area contributed by atoms with Crippen LogP contribution < -0.4 is 10.6 Å². The summed E-state index contributed by atoms with van der Waals surface area (Å²) in [4.78, 5) is 17.7. The van der Waals surface area contributed by atoms with Gasteiger partial charge >= 0.3 is 6.18 Å². The summed E-state index contributed by atoms with van der Waals surface area (Å²) >= 11 is 0. The van der Waals surface area contributed by atoms with Gasteiger partial charge in [0.15, 0.2) is 5.96 Å². The van der Waals surface area contributed by atoms with Gasteiger partial charge in [-0.3, -0.25) is 4.79 Å². The second-order valence-corrected chi connectivity index (χ2v) is 7.46. The molecule has 1 amide bonds. The number of benzene rings is 1. The molecule has 0 aliphatic carbocycles. The fourth-order valence-electron chi connectivity index (χ4n) is 2.66. The number of amides is 1. The molecule has 2 N–H and O–H groups in total. The van der Waals surface area contributed by atoms with Gasteiger partial charge in [0.25, 0.3) is 0 Å². The van der Waals surface area contributed by atoms with E-state index in [-0.39, 0.29) is 25.1 Å². The topological polar surface area (TPSA) is 66.0 Å². The molecule has 0 aromatic heterocycles. The lowest BCUT2D eigenvalue weighted by atomic mass is 10.0. The lowest BCUT2D eigenvalue weighted by Crippen LogP contribution is -2.44. The molecular formula is C21H33F3N4O2. The fraction of sp³-hybridized carbons (Fsp3) is 0.619. The zero-order valence-electron chi connectivity index (χ0n) is 18.3. The van der Waals surface area contributed by atoms with Crippen LogP contribution in [0.4, 0.5) is 13.2 Å². The zero-order valence-corrected chi connectivity index (χ0v) is 18.3. The molecular weight excluding hydrogens is 397 g/mol. The average Bonchev–Trinajstić information content (AvgIpc) is 2.67. The van der Waals surface area contributed by atoms with Crippen LogP contribution in [0.3, 0.4) is 0 Å². The molecule has 1 aromatic carbocycles. The molecule has 0 saturated heterocycles. The highest BCUT2D eigenvalue weighted by Crippen LogP contribution is 2.29. The van der Waals surface area contributed by atoms with Gasteiger partial charge in [-0.15, -0.1) is 0 Å². The first kappa shape index (κ1) is 25.7. The monoisotopic (exact) mass is 430 g/mol. The Balaban J connectivity index is 2.82. The SMILES string of the molecule is CCOC(CCNC(=NCc1cccc(C(F)(F)F)c1)NCC(=O)N(C)C)C(C)C. The van der Waals surface area contributed by atoms with Crippen LogP contribution in [0.1, 0.15) is 38.3 Å². The second-order valence-electron chi connectivity index (χ2n) is 7.46. The van der Waals surface area contributed by atoms with Crippen LogP contribution >= 0.6 is 0 Å². The fourth-order valence-corrected chi connectivity index (χ4v) is 2.66. The van der Waals surface area contributed by atoms with Gasteiger partial charge < -0.3 is 20.3 Å². The minimum atomic E-state index is -4.40. The zero-order chi connectivity index (χ0) is 22.7. The highest BCUT2D eigenvalue weighted by Gasteiger charge is 2.30. The van der Waals surface area contributed by atoms with E-state index in [4.69, 9.17) is 4.74 Å². The van der Waals surface area contributed by atoms with Crippen molar-refractivity contribution in [2.24, 2.45) is 10.9 Å². The Morgan fingerprint density at radius 2 is 1.93 bits per heavy atom. The molecule has 0 aliphatic rings. The summed E-state index contributed by atoms with van der Waals surface area (Å²) in [7, 11) is 3.29. The highest BCUT2D eigenvalue weighted by molar-refractivity contribution is 5.86. The number of alkyl halides is 3. The summed E-state index contributed by atoms with van der Waals surface area (Å²) in [5, 5.41) is 6.07. The number of carbonyl (C=O) groups excluding carboxylic acids is 1. The van der Waals surface area contributed by atoms with Crippen molar-refractivity contribution in [3.8, 4) is 0 Å². The van der Waals surface area contributed by atoms with Crippen molar-refractivity contribution < 1.29 is 22.7 Å². The Morgan fingerprint density at radius 3 is 2.50 bits per heavy atom. The molecule has 1 atom stereocenters. The Bertz CT molecular complexity index is 691. The number of nitrogens with one attached hydrogen (secondary N) is 2. The lowest BCUT2D eigenvalue weighted by Gasteiger charge is -2.22. The van der Waals surface area contributed by atoms with Gasteiger partial charge in [0, 0.05) is 27.2 Å². The van der Waals surface area contributed by atoms with Crippen LogP contribution in [0, 0.1) is 5.92 Å². The number of hydrogen-bond donors (Lipinski definition) is 2. The van der Waals surface area contributed by atoms with Crippen molar-refractivity contribution in [3.63, 3.8) is 0 Å². The largest absolute Gasteiger partial charge is 0.416 e. The standard InChI is InChI=1S/C21H33F3N4O2/c1-6-30-18(15(2)3)10-11-25-20(27-14-19(29)28(4)5)26-13-16-8-7-9-17(12-16)21(22,23)24/h7-9,12,15,18H,6,10-11,13-14H2,1-5H3,(H2,25,26,27). The molecule has 30 heavy (non-hydrogen) atoms. The predicted octanol–water partition coefficient (Wildman–Crippen LogP) is 3.28. The predicted molar refractivity (Wildman–Crippen MR) is 112 cm³/mol. The molecule has 0 bridgehead atoms. The maximum atomic E-state index is 12.9. The minimum Gasteiger partial charge on any atom is -0.378 e. The molecule has 9 heteroatoms. The molecule has 1 rings (SSSR count). The first-order chi connectivity index (χ1) is 14.0. The molecule has 6 nitrogen and oxygen atoms in total. The van der Waals surface area contributed by atoms with Crippen molar-refractivity contribution in [2.75, 3.05) is 33.8 Å². The highest BCUT2D eigenvalue weighted by atomic mass is 19.4. The van der Waals surface area contributed by atoms with E-state index in [1.807, 2.05) is 6.92 Å². The number of guanidine groups is 1. The van der Waals surface area contributed by atoms with Gasteiger partial charge in [0.1, 0.15) is 0 Å². The summed E-state index contributed by atoms with van der Waals surface area (Å²) in [6.07, 6.45) is -3.59. The van der Waals surface area contributed by atoms with Gasteiger partial charge in [0.2, 0.25) is 5.91 Å². The molecule has 170 valence electrons. The quantitative estimate of drug-likeness (QED) is 0.442. The Hall–Kier alpha value is -2.29. The van der Waals surface area contributed by atoms with Gasteiger partial charge in [-0.25, -0.2) is 4.99 Å². The number of aliphatic imine (C=N–C) groups is 1. The van der Waals surface area contributed by atoms with Gasteiger partial charge in [-0.05, 0) is 37.0 Å². The third-order valence-electron chi connectivity index (χ3n) is 4.43. The molecule has 0 fully saturated rings. The molecule has 1 aromatic rings. The summed E-state index contributed by atoms with van der Waals surface area (Å²) in [6.45, 7) is 7.35. The lowest BCUT2D eigenvalue weighted by molar-refractivity contribution is -0.137. The van der Waals surface area contributed by atoms with Crippen LogP contribution in [-0.2, 0) is 22.3 Å². The maximum Gasteiger partial charge on any atom is 0.416 e. The number of nitrogens with zero attached hydrogens (tertiary/aromatic N) is 2. The Labute approximate surface area is 176 Å². The van der Waals surface area contributed by atoms with E-state index in [0.29, 0.717) is 30.6 Å². The van der Waals surface area contributed by atoms with Crippen LogP contribution in [0.2, 0.25) is 0 Å². The first-order valence-electron chi connectivity index (χ1n) is 10.0. The summed E-state index contributed by atoms with van der Waals surface area (Å²) in [5.41, 5.74) is -0.281. The smallest absolute Gasteiger partial charge is 0.378 e. The summed E-state index contributed by atoms with van der Waals surface area (Å²) in [6, 6.07) is 5.06. The van der Waals surface area contributed by atoms with Crippen molar-refractivity contribution in [3.05, 3.63) is 35.4 Å². The van der Waals surface area contributed by atoms with Crippen LogP contribution in [0.25, 0.3) is 0 Å². The van der Waals surface area contributed by atoms with E-state index in [1.165, 1.54) is 11.0 Å². The first-order valence-corrected chi connectivity index (χ1v) is 10.0. The number of hydrogen-bond acceptors (Lipinski definition) is 3. The number of likely N-dealkylation sites (N-methyl/N-ethyl adjacent to an activating group) is 1. The van der Waals surface area contributed by atoms with Crippen LogP contribution in [-0.4, -0.2) is 56.7 Å². The average molecular weight is 431 g/mol. The van der Waals surface area contributed by atoms with Crippen molar-refractivity contribution >= 4 is 11.9 Å². The van der Waals surface area contributed by atoms with E-state index in [9.17, 15) is 18.0 Å². The molecule has 0 radical (unpaired) electrons. The number of ether oxygens (including phenoxy) is 1. The van der Waals surface area contributed by atoms with E-state index in [1.54, 1.807) is 20.2 Å².